The molecule has 2 rings (SSSR count). The minimum atomic E-state index is -0.971. The molecular formula is C12H17Br2NO4. The van der Waals surface area contributed by atoms with Gasteiger partial charge in [-0.05, 0) is 5.92 Å². The van der Waals surface area contributed by atoms with E-state index >= 15 is 0 Å². The van der Waals surface area contributed by atoms with E-state index in [0.29, 0.717) is 12.5 Å². The molecule has 0 radical (unpaired) electrons. The highest BCUT2D eigenvalue weighted by Gasteiger charge is 2.63. The summed E-state index contributed by atoms with van der Waals surface area (Å²) >= 11 is 6.92. The Balaban J connectivity index is 2.14. The standard InChI is InChI=1S/C12H17Br2NO4/c1-4(2)3-15-11(16)5-6(12(17)18)10-8(14)7(13)9(5)19-10/h4-10H,3H2,1-2H3,(H,15,16)(H,17,18)/t5-,6-,7-,8+,9+,10+/m0/s1. The van der Waals surface area contributed by atoms with Crippen LogP contribution in [0.15, 0.2) is 0 Å². The van der Waals surface area contributed by atoms with Gasteiger partial charge >= 0.3 is 5.97 Å². The number of hydrogen-bond donors (Lipinski definition) is 2. The average molecular weight is 399 g/mol. The first-order valence-electron chi connectivity index (χ1n) is 6.28. The van der Waals surface area contributed by atoms with Gasteiger partial charge in [0.15, 0.2) is 0 Å². The Morgan fingerprint density at radius 1 is 1.21 bits per heavy atom. The Labute approximate surface area is 128 Å². The number of ether oxygens (including phenoxy) is 1. The van der Waals surface area contributed by atoms with E-state index < -0.39 is 23.9 Å². The van der Waals surface area contributed by atoms with Crippen molar-refractivity contribution in [1.29, 1.82) is 0 Å². The smallest absolute Gasteiger partial charge is 0.310 e. The summed E-state index contributed by atoms with van der Waals surface area (Å²) < 4.78 is 5.68. The zero-order valence-corrected chi connectivity index (χ0v) is 13.8. The Kier molecular flexibility index (Phi) is 4.57. The fourth-order valence-electron chi connectivity index (χ4n) is 2.70. The van der Waals surface area contributed by atoms with Gasteiger partial charge in [-0.3, -0.25) is 9.59 Å². The van der Waals surface area contributed by atoms with Gasteiger partial charge in [-0.15, -0.1) is 0 Å². The molecule has 0 aromatic heterocycles. The molecule has 0 unspecified atom stereocenters. The van der Waals surface area contributed by atoms with Crippen LogP contribution in [0.25, 0.3) is 0 Å². The number of fused-ring (bicyclic) bond motifs is 2. The van der Waals surface area contributed by atoms with Crippen LogP contribution in [0.4, 0.5) is 0 Å². The first kappa shape index (κ1) is 15.3. The normalized spacial score (nSPS) is 40.7. The van der Waals surface area contributed by atoms with Crippen molar-refractivity contribution in [1.82, 2.24) is 5.32 Å². The number of halogens is 2. The molecule has 0 aliphatic carbocycles. The minimum absolute atomic E-state index is 0.0390. The van der Waals surface area contributed by atoms with E-state index in [1.54, 1.807) is 0 Å². The number of rotatable bonds is 4. The van der Waals surface area contributed by atoms with Gasteiger partial charge in [-0.2, -0.15) is 0 Å². The lowest BCUT2D eigenvalue weighted by molar-refractivity contribution is -0.147. The maximum absolute atomic E-state index is 12.2. The van der Waals surface area contributed by atoms with Gasteiger partial charge in [0, 0.05) is 6.54 Å². The van der Waals surface area contributed by atoms with Gasteiger partial charge in [0.25, 0.3) is 0 Å². The van der Waals surface area contributed by atoms with Crippen molar-refractivity contribution in [3.63, 3.8) is 0 Å². The van der Waals surface area contributed by atoms with Crippen molar-refractivity contribution < 1.29 is 19.4 Å². The van der Waals surface area contributed by atoms with Crippen LogP contribution in [0.5, 0.6) is 0 Å². The molecule has 1 amide bonds. The maximum Gasteiger partial charge on any atom is 0.310 e. The third kappa shape index (κ3) is 2.69. The number of aliphatic carboxylic acids is 1. The minimum Gasteiger partial charge on any atom is -0.481 e. The number of nitrogens with one attached hydrogen (secondary N) is 1. The van der Waals surface area contributed by atoms with Crippen molar-refractivity contribution in [2.75, 3.05) is 6.54 Å². The summed E-state index contributed by atoms with van der Waals surface area (Å²) in [5, 5.41) is 12.2. The summed E-state index contributed by atoms with van der Waals surface area (Å²) in [4.78, 5) is 23.5. The molecule has 0 aromatic carbocycles. The molecular weight excluding hydrogens is 382 g/mol. The molecule has 2 fully saturated rings. The van der Waals surface area contributed by atoms with Gasteiger partial charge in [0.2, 0.25) is 5.91 Å². The van der Waals surface area contributed by atoms with E-state index in [9.17, 15) is 14.7 Å². The lowest BCUT2D eigenvalue weighted by Gasteiger charge is -2.30. The second-order valence-electron chi connectivity index (χ2n) is 5.48. The van der Waals surface area contributed by atoms with Gasteiger partial charge in [-0.25, -0.2) is 0 Å². The predicted octanol–water partition coefficient (Wildman–Crippen LogP) is 1.38. The van der Waals surface area contributed by atoms with Crippen molar-refractivity contribution in [2.24, 2.45) is 17.8 Å². The summed E-state index contributed by atoms with van der Waals surface area (Å²) in [6.07, 6.45) is -0.843. The molecule has 19 heavy (non-hydrogen) atoms. The van der Waals surface area contributed by atoms with Crippen molar-refractivity contribution in [3.05, 3.63) is 0 Å². The molecule has 2 heterocycles. The predicted molar refractivity (Wildman–Crippen MR) is 76.6 cm³/mol. The van der Waals surface area contributed by atoms with E-state index in [4.69, 9.17) is 4.74 Å². The van der Waals surface area contributed by atoms with E-state index in [0.717, 1.165) is 0 Å². The van der Waals surface area contributed by atoms with Crippen LogP contribution in [0.3, 0.4) is 0 Å². The molecule has 2 N–H and O–H groups in total. The molecule has 7 heteroatoms. The second kappa shape index (κ2) is 5.69. The fourth-order valence-corrected chi connectivity index (χ4v) is 4.21. The highest BCUT2D eigenvalue weighted by atomic mass is 79.9. The highest BCUT2D eigenvalue weighted by Crippen LogP contribution is 2.49. The van der Waals surface area contributed by atoms with E-state index in [-0.39, 0.29) is 21.7 Å². The molecule has 2 aliphatic heterocycles. The fraction of sp³-hybridized carbons (Fsp3) is 0.833. The quantitative estimate of drug-likeness (QED) is 0.701. The Bertz CT molecular complexity index is 390. The molecule has 2 saturated heterocycles. The maximum atomic E-state index is 12.2. The second-order valence-corrected chi connectivity index (χ2v) is 7.60. The SMILES string of the molecule is CC(C)CNC(=O)[C@@H]1[C@H]2O[C@@H]([C@H](Br)[C@@H]2Br)[C@H]1C(=O)O. The summed E-state index contributed by atoms with van der Waals surface area (Å²) in [7, 11) is 0. The van der Waals surface area contributed by atoms with Gasteiger partial charge in [0.05, 0.1) is 33.7 Å². The van der Waals surface area contributed by atoms with Crippen LogP contribution in [-0.4, -0.2) is 45.4 Å². The van der Waals surface area contributed by atoms with Crippen LogP contribution in [-0.2, 0) is 14.3 Å². The average Bonchev–Trinajstić information content (AvgIpc) is 2.84. The van der Waals surface area contributed by atoms with E-state index in [1.807, 2.05) is 13.8 Å². The Hall–Kier alpha value is -0.140. The lowest BCUT2D eigenvalue weighted by Crippen LogP contribution is -2.51. The summed E-state index contributed by atoms with van der Waals surface area (Å²) in [5.41, 5.74) is 0. The van der Waals surface area contributed by atoms with E-state index in [2.05, 4.69) is 37.2 Å². The molecule has 0 saturated carbocycles. The highest BCUT2D eigenvalue weighted by molar-refractivity contribution is 9.12. The van der Waals surface area contributed by atoms with Gasteiger partial charge < -0.3 is 15.2 Å². The lowest BCUT2D eigenvalue weighted by atomic mass is 9.78. The largest absolute Gasteiger partial charge is 0.481 e. The van der Waals surface area contributed by atoms with Crippen LogP contribution in [0, 0.1) is 17.8 Å². The zero-order chi connectivity index (χ0) is 14.3. The number of carbonyl (C=O) groups is 2. The number of hydrogen-bond acceptors (Lipinski definition) is 3. The molecule has 5 nitrogen and oxygen atoms in total. The van der Waals surface area contributed by atoms with Crippen molar-refractivity contribution in [3.8, 4) is 0 Å². The van der Waals surface area contributed by atoms with Crippen molar-refractivity contribution in [2.45, 2.75) is 35.7 Å². The monoisotopic (exact) mass is 397 g/mol. The van der Waals surface area contributed by atoms with Crippen molar-refractivity contribution >= 4 is 43.7 Å². The first-order valence-corrected chi connectivity index (χ1v) is 8.11. The first-order chi connectivity index (χ1) is 8.84. The van der Waals surface area contributed by atoms with E-state index in [1.165, 1.54) is 0 Å². The van der Waals surface area contributed by atoms with Crippen LogP contribution < -0.4 is 5.32 Å². The third-order valence-corrected chi connectivity index (χ3v) is 6.50. The molecule has 2 bridgehead atoms. The Morgan fingerprint density at radius 2 is 1.74 bits per heavy atom. The number of amides is 1. The zero-order valence-electron chi connectivity index (χ0n) is 10.7. The summed E-state index contributed by atoms with van der Waals surface area (Å²) in [6.45, 7) is 4.53. The Morgan fingerprint density at radius 3 is 2.21 bits per heavy atom. The molecule has 108 valence electrons. The van der Waals surface area contributed by atoms with Crippen LogP contribution >= 0.6 is 31.9 Å². The molecule has 0 spiro atoms. The molecule has 2 aliphatic rings. The van der Waals surface area contributed by atoms with Crippen LogP contribution in [0.2, 0.25) is 0 Å². The number of carboxylic acids is 1. The van der Waals surface area contributed by atoms with Crippen LogP contribution in [0.1, 0.15) is 13.8 Å². The molecule has 6 atom stereocenters. The number of carboxylic acid groups (broad SMARTS) is 1. The topological polar surface area (TPSA) is 75.6 Å². The van der Waals surface area contributed by atoms with Gasteiger partial charge in [0.1, 0.15) is 0 Å². The van der Waals surface area contributed by atoms with Gasteiger partial charge in [-0.1, -0.05) is 45.7 Å². The summed E-state index contributed by atoms with van der Waals surface area (Å²) in [5.74, 6) is -2.27. The summed E-state index contributed by atoms with van der Waals surface area (Å²) in [6, 6.07) is 0. The number of alkyl halides is 2. The third-order valence-electron chi connectivity index (χ3n) is 3.61. The number of carbonyl (C=O) groups excluding carboxylic acids is 1. The molecule has 0 aromatic rings.